The quantitative estimate of drug-likeness (QED) is 0.611. The molecule has 0 saturated carbocycles. The molecular weight excluding hydrogens is 509 g/mol. The molecule has 5 rings (SSSR count). The molecule has 0 aliphatic carbocycles. The summed E-state index contributed by atoms with van der Waals surface area (Å²) < 4.78 is 43.4. The van der Waals surface area contributed by atoms with Crippen LogP contribution in [0.5, 0.6) is 5.75 Å². The maximum atomic E-state index is 14.6. The number of benzene rings is 2. The van der Waals surface area contributed by atoms with E-state index in [2.05, 4.69) is 10.2 Å². The van der Waals surface area contributed by atoms with Crippen LogP contribution in [-0.4, -0.2) is 80.9 Å². The molecule has 1 spiro atoms. The fourth-order valence-corrected chi connectivity index (χ4v) is 6.21. The molecule has 2 amide bonds. The molecule has 3 aliphatic rings. The molecule has 3 aliphatic heterocycles. The van der Waals surface area contributed by atoms with E-state index in [0.29, 0.717) is 36.8 Å². The van der Waals surface area contributed by atoms with Gasteiger partial charge in [-0.15, -0.1) is 0 Å². The molecule has 0 bridgehead atoms. The van der Waals surface area contributed by atoms with Crippen LogP contribution >= 0.6 is 11.6 Å². The van der Waals surface area contributed by atoms with E-state index in [0.717, 1.165) is 30.6 Å². The highest BCUT2D eigenvalue weighted by Crippen LogP contribution is 2.45. The third-order valence-electron chi connectivity index (χ3n) is 7.48. The first-order chi connectivity index (χ1) is 17.1. The van der Waals surface area contributed by atoms with Crippen molar-refractivity contribution >= 4 is 38.9 Å². The van der Waals surface area contributed by atoms with Crippen molar-refractivity contribution < 1.29 is 27.1 Å². The van der Waals surface area contributed by atoms with Crippen LogP contribution in [0.15, 0.2) is 36.4 Å². The van der Waals surface area contributed by atoms with Gasteiger partial charge in [0.25, 0.3) is 5.91 Å². The van der Waals surface area contributed by atoms with Crippen LogP contribution in [0.4, 0.5) is 10.1 Å². The molecule has 8 nitrogen and oxygen atoms in total. The molecule has 192 valence electrons. The highest BCUT2D eigenvalue weighted by molar-refractivity contribution is 7.91. The van der Waals surface area contributed by atoms with Gasteiger partial charge in [0.2, 0.25) is 5.91 Å². The summed E-state index contributed by atoms with van der Waals surface area (Å²) in [5, 5.41) is 3.00. The average Bonchev–Trinajstić information content (AvgIpc) is 3.04. The Morgan fingerprint density at radius 1 is 1.19 bits per heavy atom. The zero-order valence-corrected chi connectivity index (χ0v) is 21.4. The first kappa shape index (κ1) is 25.0. The van der Waals surface area contributed by atoms with E-state index in [4.69, 9.17) is 16.3 Å². The van der Waals surface area contributed by atoms with Gasteiger partial charge in [-0.05, 0) is 61.8 Å². The molecule has 0 aromatic heterocycles. The van der Waals surface area contributed by atoms with Crippen molar-refractivity contribution in [1.29, 1.82) is 0 Å². The highest BCUT2D eigenvalue weighted by Gasteiger charge is 2.48. The van der Waals surface area contributed by atoms with Crippen molar-refractivity contribution in [2.24, 2.45) is 0 Å². The predicted molar refractivity (Wildman–Crippen MR) is 134 cm³/mol. The topological polar surface area (TPSA) is 96.0 Å². The summed E-state index contributed by atoms with van der Waals surface area (Å²) >= 11 is 6.18. The molecule has 36 heavy (non-hydrogen) atoms. The van der Waals surface area contributed by atoms with E-state index in [1.165, 1.54) is 17.0 Å². The number of sulfone groups is 1. The van der Waals surface area contributed by atoms with Gasteiger partial charge in [0, 0.05) is 42.7 Å². The Balaban J connectivity index is 1.12. The maximum Gasteiger partial charge on any atom is 0.256 e. The largest absolute Gasteiger partial charge is 0.492 e. The number of hydrogen-bond acceptors (Lipinski definition) is 6. The summed E-state index contributed by atoms with van der Waals surface area (Å²) in [4.78, 5) is 28.8. The number of amides is 2. The van der Waals surface area contributed by atoms with Gasteiger partial charge in [0.05, 0.1) is 16.2 Å². The van der Waals surface area contributed by atoms with Crippen LogP contribution in [0.25, 0.3) is 0 Å². The summed E-state index contributed by atoms with van der Waals surface area (Å²) in [6, 6.07) is 9.58. The van der Waals surface area contributed by atoms with E-state index in [9.17, 15) is 22.4 Å². The number of carbonyl (C=O) groups excluding carboxylic acids is 2. The zero-order valence-electron chi connectivity index (χ0n) is 19.8. The summed E-state index contributed by atoms with van der Waals surface area (Å²) in [5.41, 5.74) is 1.13. The standard InChI is InChI=1S/C25H27ClFN3O5S/c1-36(33,34)18-14-30(15-18)23(31)19-4-3-17(13-21(19)27)35-11-10-29-8-6-25(7-9-29)20-12-16(26)2-5-22(20)28-24(25)32/h2-5,12-13,18H,6-11,14-15H2,1H3,(H,28,32). The van der Waals surface area contributed by atoms with Crippen LogP contribution in [0, 0.1) is 5.82 Å². The van der Waals surface area contributed by atoms with Crippen LogP contribution in [0.1, 0.15) is 28.8 Å². The van der Waals surface area contributed by atoms with Gasteiger partial charge in [0.1, 0.15) is 18.2 Å². The van der Waals surface area contributed by atoms with Crippen LogP contribution in [-0.2, 0) is 20.0 Å². The van der Waals surface area contributed by atoms with Crippen molar-refractivity contribution in [1.82, 2.24) is 9.80 Å². The molecular formula is C25H27ClFN3O5S. The second kappa shape index (κ2) is 9.32. The number of likely N-dealkylation sites (tertiary alicyclic amines) is 2. The summed E-state index contributed by atoms with van der Waals surface area (Å²) in [7, 11) is -3.21. The van der Waals surface area contributed by atoms with E-state index in [1.54, 1.807) is 12.1 Å². The molecule has 2 aromatic carbocycles. The molecule has 0 unspecified atom stereocenters. The molecule has 2 aromatic rings. The van der Waals surface area contributed by atoms with E-state index in [1.807, 2.05) is 12.1 Å². The lowest BCUT2D eigenvalue weighted by Crippen LogP contribution is -2.56. The number of rotatable bonds is 6. The van der Waals surface area contributed by atoms with Crippen molar-refractivity contribution in [3.63, 3.8) is 0 Å². The van der Waals surface area contributed by atoms with Crippen molar-refractivity contribution in [3.05, 3.63) is 58.4 Å². The van der Waals surface area contributed by atoms with Gasteiger partial charge in [-0.1, -0.05) is 11.6 Å². The molecule has 2 saturated heterocycles. The lowest BCUT2D eigenvalue weighted by atomic mass is 9.73. The van der Waals surface area contributed by atoms with Crippen molar-refractivity contribution in [3.8, 4) is 5.75 Å². The van der Waals surface area contributed by atoms with E-state index in [-0.39, 0.29) is 24.6 Å². The van der Waals surface area contributed by atoms with Gasteiger partial charge in [-0.3, -0.25) is 14.5 Å². The predicted octanol–water partition coefficient (Wildman–Crippen LogP) is 2.71. The highest BCUT2D eigenvalue weighted by atomic mass is 35.5. The number of nitrogens with one attached hydrogen (secondary N) is 1. The van der Waals surface area contributed by atoms with Gasteiger partial charge < -0.3 is 15.0 Å². The SMILES string of the molecule is CS(=O)(=O)C1CN(C(=O)c2ccc(OCCN3CCC4(CC3)C(=O)Nc3ccc(Cl)cc34)cc2F)C1. The summed E-state index contributed by atoms with van der Waals surface area (Å²) in [6.45, 7) is 2.53. The third kappa shape index (κ3) is 4.57. The Morgan fingerprint density at radius 2 is 1.92 bits per heavy atom. The number of anilines is 1. The monoisotopic (exact) mass is 535 g/mol. The zero-order chi connectivity index (χ0) is 25.7. The fraction of sp³-hybridized carbons (Fsp3) is 0.440. The molecule has 11 heteroatoms. The Labute approximate surface area is 214 Å². The smallest absolute Gasteiger partial charge is 0.256 e. The van der Waals surface area contributed by atoms with E-state index < -0.39 is 32.2 Å². The number of ether oxygens (including phenoxy) is 1. The summed E-state index contributed by atoms with van der Waals surface area (Å²) in [5.74, 6) is -0.899. The van der Waals surface area contributed by atoms with Gasteiger partial charge in [-0.2, -0.15) is 0 Å². The summed E-state index contributed by atoms with van der Waals surface area (Å²) in [6.07, 6.45) is 2.48. The maximum absolute atomic E-state index is 14.6. The fourth-order valence-electron chi connectivity index (χ4n) is 5.14. The lowest BCUT2D eigenvalue weighted by Gasteiger charge is -2.38. The second-order valence-corrected chi connectivity index (χ2v) is 12.5. The second-order valence-electron chi connectivity index (χ2n) is 9.72. The first-order valence-electron chi connectivity index (χ1n) is 11.8. The van der Waals surface area contributed by atoms with Crippen LogP contribution in [0.3, 0.4) is 0 Å². The minimum absolute atomic E-state index is 0.0193. The van der Waals surface area contributed by atoms with Gasteiger partial charge in [-0.25, -0.2) is 12.8 Å². The number of nitrogens with zero attached hydrogens (tertiary/aromatic N) is 2. The Hall–Kier alpha value is -2.69. The number of halogens is 2. The Morgan fingerprint density at radius 3 is 2.58 bits per heavy atom. The van der Waals surface area contributed by atoms with Crippen LogP contribution in [0.2, 0.25) is 5.02 Å². The molecule has 0 radical (unpaired) electrons. The van der Waals surface area contributed by atoms with Crippen molar-refractivity contribution in [2.75, 3.05) is 50.9 Å². The molecule has 3 heterocycles. The molecule has 2 fully saturated rings. The third-order valence-corrected chi connectivity index (χ3v) is 9.22. The Bertz CT molecular complexity index is 1320. The van der Waals surface area contributed by atoms with Crippen molar-refractivity contribution in [2.45, 2.75) is 23.5 Å². The van der Waals surface area contributed by atoms with Crippen LogP contribution < -0.4 is 10.1 Å². The van der Waals surface area contributed by atoms with Gasteiger partial charge in [0.15, 0.2) is 9.84 Å². The van der Waals surface area contributed by atoms with Gasteiger partial charge >= 0.3 is 0 Å². The van der Waals surface area contributed by atoms with E-state index >= 15 is 0 Å². The number of hydrogen-bond donors (Lipinski definition) is 1. The molecule has 0 atom stereocenters. The number of fused-ring (bicyclic) bond motifs is 2. The number of carbonyl (C=O) groups is 2. The average molecular weight is 536 g/mol. The number of piperidine rings is 1. The minimum atomic E-state index is -3.21. The lowest BCUT2D eigenvalue weighted by molar-refractivity contribution is -0.122. The normalized spacial score (nSPS) is 19.6. The molecule has 1 N–H and O–H groups in total. The first-order valence-corrected chi connectivity index (χ1v) is 14.1. The minimum Gasteiger partial charge on any atom is -0.492 e. The Kier molecular flexibility index (Phi) is 6.46.